The molecular weight excluding hydrogens is 206 g/mol. The van der Waals surface area contributed by atoms with Crippen LogP contribution in [0.2, 0.25) is 0 Å². The molecule has 1 unspecified atom stereocenters. The van der Waals surface area contributed by atoms with Crippen LogP contribution in [0.25, 0.3) is 0 Å². The normalized spacial score (nSPS) is 22.7. The van der Waals surface area contributed by atoms with Gasteiger partial charge in [0.25, 0.3) is 0 Å². The first kappa shape index (κ1) is 12.4. The molecule has 0 radical (unpaired) electrons. The summed E-state index contributed by atoms with van der Waals surface area (Å²) < 4.78 is 0. The van der Waals surface area contributed by atoms with Gasteiger partial charge < -0.3 is 5.73 Å². The minimum absolute atomic E-state index is 0.136. The second-order valence-electron chi connectivity index (χ2n) is 3.73. The number of carbonyl (C=O) groups is 1. The Morgan fingerprint density at radius 1 is 1.75 bits per heavy atom. The third-order valence-electron chi connectivity index (χ3n) is 2.73. The van der Waals surface area contributed by atoms with Gasteiger partial charge in [0, 0.05) is 18.5 Å². The van der Waals surface area contributed by atoms with Crippen molar-refractivity contribution >= 4 is 11.7 Å². The summed E-state index contributed by atoms with van der Waals surface area (Å²) in [6.07, 6.45) is 4.50. The summed E-state index contributed by atoms with van der Waals surface area (Å²) in [5.41, 5.74) is 9.14. The molecule has 1 atom stereocenters. The molecule has 88 valence electrons. The van der Waals surface area contributed by atoms with Crippen LogP contribution >= 0.6 is 0 Å². The fourth-order valence-corrected chi connectivity index (χ4v) is 1.77. The second kappa shape index (κ2) is 5.46. The van der Waals surface area contributed by atoms with Crippen LogP contribution in [0.15, 0.2) is 28.4 Å². The van der Waals surface area contributed by atoms with Crippen LogP contribution in [-0.2, 0) is 4.79 Å². The zero-order chi connectivity index (χ0) is 12.1. The Hall–Kier alpha value is -1.62. The van der Waals surface area contributed by atoms with Gasteiger partial charge in [-0.25, -0.2) is 4.99 Å². The molecular formula is C11H17N3O2. The Labute approximate surface area is 94.7 Å². The molecule has 16 heavy (non-hydrogen) atoms. The first-order valence-electron chi connectivity index (χ1n) is 5.21. The largest absolute Gasteiger partial charge is 0.370 e. The highest BCUT2D eigenvalue weighted by Crippen LogP contribution is 2.27. The molecule has 0 spiro atoms. The van der Waals surface area contributed by atoms with Gasteiger partial charge in [0.1, 0.15) is 0 Å². The molecule has 5 heteroatoms. The van der Waals surface area contributed by atoms with E-state index in [0.29, 0.717) is 18.7 Å². The number of amidine groups is 1. The van der Waals surface area contributed by atoms with Gasteiger partial charge in [-0.3, -0.25) is 15.5 Å². The molecule has 1 aliphatic rings. The number of primary amides is 1. The third-order valence-corrected chi connectivity index (χ3v) is 2.73. The summed E-state index contributed by atoms with van der Waals surface area (Å²) in [5, 5.41) is 8.89. The number of nitrogens with one attached hydrogen (secondary N) is 1. The number of hydroxylamine groups is 1. The summed E-state index contributed by atoms with van der Waals surface area (Å²) in [4.78, 5) is 14.8. The van der Waals surface area contributed by atoms with E-state index in [1.165, 1.54) is 0 Å². The van der Waals surface area contributed by atoms with Crippen molar-refractivity contribution in [3.05, 3.63) is 23.4 Å². The lowest BCUT2D eigenvalue weighted by molar-refractivity contribution is -0.118. The van der Waals surface area contributed by atoms with Crippen molar-refractivity contribution in [1.29, 1.82) is 0 Å². The van der Waals surface area contributed by atoms with Crippen LogP contribution in [-0.4, -0.2) is 17.0 Å². The van der Waals surface area contributed by atoms with Crippen molar-refractivity contribution in [3.63, 3.8) is 0 Å². The summed E-state index contributed by atoms with van der Waals surface area (Å²) in [6.45, 7) is 3.89. The molecule has 1 rings (SSSR count). The number of hydrogen-bond acceptors (Lipinski definition) is 4. The molecule has 1 amide bonds. The summed E-state index contributed by atoms with van der Waals surface area (Å²) in [6, 6.07) is 0. The highest BCUT2D eigenvalue weighted by atomic mass is 16.5. The second-order valence-corrected chi connectivity index (χ2v) is 3.73. The predicted molar refractivity (Wildman–Crippen MR) is 61.8 cm³/mol. The van der Waals surface area contributed by atoms with Crippen LogP contribution < -0.4 is 11.2 Å². The smallest absolute Gasteiger partial charge is 0.217 e. The lowest BCUT2D eigenvalue weighted by Gasteiger charge is -2.23. The monoisotopic (exact) mass is 223 g/mol. The zero-order valence-electron chi connectivity index (χ0n) is 9.53. The van der Waals surface area contributed by atoms with E-state index in [2.05, 4.69) is 10.5 Å². The van der Waals surface area contributed by atoms with Gasteiger partial charge in [-0.05, 0) is 24.5 Å². The van der Waals surface area contributed by atoms with Crippen molar-refractivity contribution in [2.24, 2.45) is 16.6 Å². The van der Waals surface area contributed by atoms with Gasteiger partial charge in [0.05, 0.1) is 0 Å². The van der Waals surface area contributed by atoms with Gasteiger partial charge in [0.15, 0.2) is 5.84 Å². The van der Waals surface area contributed by atoms with E-state index in [9.17, 15) is 4.79 Å². The third kappa shape index (κ3) is 2.70. The van der Waals surface area contributed by atoms with Crippen LogP contribution in [0.4, 0.5) is 0 Å². The predicted octanol–water partition coefficient (Wildman–Crippen LogP) is 1.11. The quantitative estimate of drug-likeness (QED) is 0.626. The molecule has 0 aliphatic carbocycles. The molecule has 0 bridgehead atoms. The van der Waals surface area contributed by atoms with Crippen molar-refractivity contribution in [1.82, 2.24) is 5.48 Å². The van der Waals surface area contributed by atoms with E-state index >= 15 is 0 Å². The Balaban J connectivity index is 2.84. The standard InChI is InChI=1S/C11H17N3O2/c1-3-9-7(2)8(4-5-10(12)15)6-13-11(9)14-16/h3,6-7,16H,4-5H2,1-2H3,(H2,12,15)(H,13,14)/b9-3+. The SMILES string of the molecule is C/C=C1/C(NO)=NC=C(CCC(N)=O)C1C. The highest BCUT2D eigenvalue weighted by Gasteiger charge is 2.21. The van der Waals surface area contributed by atoms with Crippen molar-refractivity contribution in [2.75, 3.05) is 0 Å². The fourth-order valence-electron chi connectivity index (χ4n) is 1.77. The summed E-state index contributed by atoms with van der Waals surface area (Å²) in [7, 11) is 0. The number of aliphatic imine (C=N–C) groups is 1. The van der Waals surface area contributed by atoms with Crippen molar-refractivity contribution in [3.8, 4) is 0 Å². The number of hydrogen-bond donors (Lipinski definition) is 3. The van der Waals surface area contributed by atoms with Gasteiger partial charge in [0.2, 0.25) is 5.91 Å². The molecule has 0 aromatic rings. The Morgan fingerprint density at radius 2 is 2.44 bits per heavy atom. The van der Waals surface area contributed by atoms with Crippen LogP contribution in [0.1, 0.15) is 26.7 Å². The van der Waals surface area contributed by atoms with Crippen molar-refractivity contribution < 1.29 is 10.0 Å². The van der Waals surface area contributed by atoms with Crippen LogP contribution in [0.5, 0.6) is 0 Å². The van der Waals surface area contributed by atoms with Gasteiger partial charge in [-0.2, -0.15) is 0 Å². The van der Waals surface area contributed by atoms with E-state index < -0.39 is 0 Å². The average Bonchev–Trinajstić information content (AvgIpc) is 2.26. The molecule has 0 aromatic heterocycles. The number of nitrogens with zero attached hydrogens (tertiary/aromatic N) is 1. The zero-order valence-corrected chi connectivity index (χ0v) is 9.53. The summed E-state index contributed by atoms with van der Waals surface area (Å²) >= 11 is 0. The highest BCUT2D eigenvalue weighted by molar-refractivity contribution is 5.99. The lowest BCUT2D eigenvalue weighted by atomic mass is 9.88. The Morgan fingerprint density at radius 3 is 2.94 bits per heavy atom. The maximum Gasteiger partial charge on any atom is 0.217 e. The van der Waals surface area contributed by atoms with E-state index in [4.69, 9.17) is 10.9 Å². The number of nitrogens with two attached hydrogens (primary N) is 1. The minimum atomic E-state index is -0.315. The lowest BCUT2D eigenvalue weighted by Crippen LogP contribution is -2.27. The molecule has 1 aliphatic heterocycles. The molecule has 0 fully saturated rings. The van der Waals surface area contributed by atoms with Crippen LogP contribution in [0, 0.1) is 5.92 Å². The minimum Gasteiger partial charge on any atom is -0.370 e. The maximum atomic E-state index is 10.7. The van der Waals surface area contributed by atoms with Gasteiger partial charge in [-0.1, -0.05) is 13.0 Å². The number of carbonyl (C=O) groups excluding carboxylic acids is 1. The first-order chi connectivity index (χ1) is 7.60. The van der Waals surface area contributed by atoms with E-state index in [0.717, 1.165) is 11.1 Å². The van der Waals surface area contributed by atoms with E-state index in [1.807, 2.05) is 19.9 Å². The number of rotatable bonds is 3. The maximum absolute atomic E-state index is 10.7. The van der Waals surface area contributed by atoms with E-state index in [1.54, 1.807) is 6.20 Å². The Kier molecular flexibility index (Phi) is 4.25. The van der Waals surface area contributed by atoms with Crippen LogP contribution in [0.3, 0.4) is 0 Å². The van der Waals surface area contributed by atoms with Gasteiger partial charge in [-0.15, -0.1) is 0 Å². The molecule has 0 saturated heterocycles. The molecule has 0 saturated carbocycles. The van der Waals surface area contributed by atoms with Crippen molar-refractivity contribution in [2.45, 2.75) is 26.7 Å². The molecule has 0 aromatic carbocycles. The van der Waals surface area contributed by atoms with Gasteiger partial charge >= 0.3 is 0 Å². The summed E-state index contributed by atoms with van der Waals surface area (Å²) in [5.74, 6) is 0.277. The molecule has 4 N–H and O–H groups in total. The molecule has 5 nitrogen and oxygen atoms in total. The first-order valence-corrected chi connectivity index (χ1v) is 5.21. The Bertz CT molecular complexity index is 369. The fraction of sp³-hybridized carbons (Fsp3) is 0.455. The number of allylic oxidation sites excluding steroid dienone is 2. The topological polar surface area (TPSA) is 87.7 Å². The average molecular weight is 223 g/mol. The van der Waals surface area contributed by atoms with E-state index in [-0.39, 0.29) is 11.8 Å². The number of amides is 1. The molecule has 1 heterocycles.